The molecule has 2 aromatic rings. The number of hydrogen-bond acceptors (Lipinski definition) is 4. The largest absolute Gasteiger partial charge is 0.396 e. The summed E-state index contributed by atoms with van der Waals surface area (Å²) in [6.07, 6.45) is 4.61. The number of rotatable bonds is 3. The van der Waals surface area contributed by atoms with Crippen molar-refractivity contribution in [3.05, 3.63) is 35.4 Å². The van der Waals surface area contributed by atoms with E-state index in [1.807, 2.05) is 6.07 Å². The van der Waals surface area contributed by atoms with Gasteiger partial charge in [0.1, 0.15) is 11.6 Å². The highest BCUT2D eigenvalue weighted by atomic mass is 32.2. The van der Waals surface area contributed by atoms with Gasteiger partial charge < -0.3 is 10.3 Å². The number of halogens is 1. The molecule has 2 heterocycles. The van der Waals surface area contributed by atoms with Crippen LogP contribution < -0.4 is 5.73 Å². The number of thioether (sulfide) groups is 1. The van der Waals surface area contributed by atoms with E-state index in [2.05, 4.69) is 14.8 Å². The van der Waals surface area contributed by atoms with Crippen LogP contribution in [-0.4, -0.2) is 14.8 Å². The summed E-state index contributed by atoms with van der Waals surface area (Å²) >= 11 is 1.60. The van der Waals surface area contributed by atoms with Crippen LogP contribution in [0.1, 0.15) is 30.7 Å². The lowest BCUT2D eigenvalue weighted by molar-refractivity contribution is 0.591. The lowest BCUT2D eigenvalue weighted by Gasteiger charge is -2.06. The Labute approximate surface area is 121 Å². The van der Waals surface area contributed by atoms with Crippen LogP contribution in [0.2, 0.25) is 0 Å². The molecule has 1 aromatic heterocycles. The predicted molar refractivity (Wildman–Crippen MR) is 78.0 cm³/mol. The monoisotopic (exact) mass is 292 g/mol. The molecule has 1 aliphatic rings. The summed E-state index contributed by atoms with van der Waals surface area (Å²) in [7, 11) is 0. The SMILES string of the molecule is Nc1ccc(CSc2nnc3n2CCCCC3)cc1F. The van der Waals surface area contributed by atoms with Crippen molar-refractivity contribution in [1.29, 1.82) is 0 Å². The molecule has 0 saturated carbocycles. The highest BCUT2D eigenvalue weighted by molar-refractivity contribution is 7.98. The Morgan fingerprint density at radius 3 is 3.00 bits per heavy atom. The molecule has 0 spiro atoms. The molecule has 0 unspecified atom stereocenters. The van der Waals surface area contributed by atoms with E-state index >= 15 is 0 Å². The van der Waals surface area contributed by atoms with E-state index < -0.39 is 0 Å². The van der Waals surface area contributed by atoms with Gasteiger partial charge in [0.2, 0.25) is 0 Å². The van der Waals surface area contributed by atoms with Crippen LogP contribution in [0, 0.1) is 5.82 Å². The highest BCUT2D eigenvalue weighted by Gasteiger charge is 2.15. The van der Waals surface area contributed by atoms with Gasteiger partial charge in [-0.05, 0) is 30.5 Å². The van der Waals surface area contributed by atoms with Gasteiger partial charge in [0.25, 0.3) is 0 Å². The highest BCUT2D eigenvalue weighted by Crippen LogP contribution is 2.25. The summed E-state index contributed by atoms with van der Waals surface area (Å²) in [6, 6.07) is 4.95. The van der Waals surface area contributed by atoms with E-state index in [0.717, 1.165) is 29.5 Å². The average Bonchev–Trinajstić information content (AvgIpc) is 2.68. The maximum Gasteiger partial charge on any atom is 0.191 e. The number of hydrogen-bond donors (Lipinski definition) is 1. The topological polar surface area (TPSA) is 56.7 Å². The molecule has 106 valence electrons. The van der Waals surface area contributed by atoms with Crippen molar-refractivity contribution >= 4 is 17.4 Å². The smallest absolute Gasteiger partial charge is 0.191 e. The van der Waals surface area contributed by atoms with Crippen molar-refractivity contribution in [3.63, 3.8) is 0 Å². The lowest BCUT2D eigenvalue weighted by atomic mass is 10.2. The van der Waals surface area contributed by atoms with Crippen molar-refractivity contribution in [2.24, 2.45) is 0 Å². The molecule has 1 aliphatic heterocycles. The maximum absolute atomic E-state index is 13.4. The number of benzene rings is 1. The van der Waals surface area contributed by atoms with E-state index in [-0.39, 0.29) is 11.5 Å². The molecule has 0 fully saturated rings. The van der Waals surface area contributed by atoms with Gasteiger partial charge in [-0.15, -0.1) is 10.2 Å². The normalized spacial score (nSPS) is 14.8. The number of fused-ring (bicyclic) bond motifs is 1. The molecule has 0 radical (unpaired) electrons. The van der Waals surface area contributed by atoms with Crippen molar-refractivity contribution < 1.29 is 4.39 Å². The molecule has 0 saturated heterocycles. The first-order chi connectivity index (χ1) is 9.74. The Hall–Kier alpha value is -1.56. The molecule has 4 nitrogen and oxygen atoms in total. The minimum absolute atomic E-state index is 0.190. The lowest BCUT2D eigenvalue weighted by Crippen LogP contribution is -2.02. The number of anilines is 1. The number of aryl methyl sites for hydroxylation is 1. The second kappa shape index (κ2) is 5.83. The Kier molecular flexibility index (Phi) is 3.91. The van der Waals surface area contributed by atoms with Gasteiger partial charge in [0.15, 0.2) is 5.16 Å². The van der Waals surface area contributed by atoms with Crippen LogP contribution in [0.5, 0.6) is 0 Å². The van der Waals surface area contributed by atoms with Gasteiger partial charge in [0, 0.05) is 18.7 Å². The molecule has 20 heavy (non-hydrogen) atoms. The molecular weight excluding hydrogens is 275 g/mol. The minimum atomic E-state index is -0.358. The van der Waals surface area contributed by atoms with Crippen LogP contribution in [0.25, 0.3) is 0 Å². The standard InChI is InChI=1S/C14H17FN4S/c15-11-8-10(5-6-12(11)16)9-20-14-18-17-13-4-2-1-3-7-19(13)14/h5-6,8H,1-4,7,9,16H2. The van der Waals surface area contributed by atoms with E-state index in [9.17, 15) is 4.39 Å². The Bertz CT molecular complexity index is 611. The number of nitrogen functional groups attached to an aromatic ring is 1. The van der Waals surface area contributed by atoms with Crippen molar-refractivity contribution in [1.82, 2.24) is 14.8 Å². The molecule has 0 atom stereocenters. The minimum Gasteiger partial charge on any atom is -0.396 e. The zero-order valence-electron chi connectivity index (χ0n) is 11.2. The van der Waals surface area contributed by atoms with Crippen LogP contribution in [0.3, 0.4) is 0 Å². The summed E-state index contributed by atoms with van der Waals surface area (Å²) in [5.41, 5.74) is 6.58. The zero-order valence-corrected chi connectivity index (χ0v) is 12.0. The summed E-state index contributed by atoms with van der Waals surface area (Å²) in [6.45, 7) is 0.987. The van der Waals surface area contributed by atoms with Crippen molar-refractivity contribution in [2.45, 2.75) is 43.1 Å². The first-order valence-corrected chi connectivity index (χ1v) is 7.81. The van der Waals surface area contributed by atoms with Gasteiger partial charge in [-0.3, -0.25) is 0 Å². The number of nitrogens with two attached hydrogens (primary N) is 1. The van der Waals surface area contributed by atoms with Crippen LogP contribution >= 0.6 is 11.8 Å². The summed E-state index contributed by atoms with van der Waals surface area (Å²) in [4.78, 5) is 0. The maximum atomic E-state index is 13.4. The van der Waals surface area contributed by atoms with Gasteiger partial charge in [-0.1, -0.05) is 24.2 Å². The molecule has 6 heteroatoms. The van der Waals surface area contributed by atoms with Gasteiger partial charge >= 0.3 is 0 Å². The average molecular weight is 292 g/mol. The van der Waals surface area contributed by atoms with E-state index in [0.29, 0.717) is 5.75 Å². The first-order valence-electron chi connectivity index (χ1n) is 6.83. The fraction of sp³-hybridized carbons (Fsp3) is 0.429. The summed E-state index contributed by atoms with van der Waals surface area (Å²) < 4.78 is 15.6. The third kappa shape index (κ3) is 2.80. The Morgan fingerprint density at radius 2 is 2.15 bits per heavy atom. The second-order valence-electron chi connectivity index (χ2n) is 5.01. The zero-order chi connectivity index (χ0) is 13.9. The number of nitrogens with zero attached hydrogens (tertiary/aromatic N) is 3. The third-order valence-electron chi connectivity index (χ3n) is 3.51. The summed E-state index contributed by atoms with van der Waals surface area (Å²) in [5.74, 6) is 1.40. The van der Waals surface area contributed by atoms with Crippen molar-refractivity contribution in [3.8, 4) is 0 Å². The van der Waals surface area contributed by atoms with Crippen LogP contribution in [-0.2, 0) is 18.7 Å². The summed E-state index contributed by atoms with van der Waals surface area (Å²) in [5, 5.41) is 9.44. The third-order valence-corrected chi connectivity index (χ3v) is 4.55. The predicted octanol–water partition coefficient (Wildman–Crippen LogP) is 3.02. The van der Waals surface area contributed by atoms with Gasteiger partial charge in [-0.25, -0.2) is 4.39 Å². The van der Waals surface area contributed by atoms with Gasteiger partial charge in [0.05, 0.1) is 5.69 Å². The second-order valence-corrected chi connectivity index (χ2v) is 5.95. The molecule has 0 amide bonds. The van der Waals surface area contributed by atoms with Crippen LogP contribution in [0.4, 0.5) is 10.1 Å². The molecule has 0 aliphatic carbocycles. The molecular formula is C14H17FN4S. The van der Waals surface area contributed by atoms with E-state index in [4.69, 9.17) is 5.73 Å². The first kappa shape index (κ1) is 13.4. The molecule has 3 rings (SSSR count). The molecule has 1 aromatic carbocycles. The van der Waals surface area contributed by atoms with Crippen molar-refractivity contribution in [2.75, 3.05) is 5.73 Å². The van der Waals surface area contributed by atoms with E-state index in [1.54, 1.807) is 17.8 Å². The number of aromatic nitrogens is 3. The Morgan fingerprint density at radius 1 is 1.25 bits per heavy atom. The van der Waals surface area contributed by atoms with Crippen LogP contribution in [0.15, 0.2) is 23.4 Å². The van der Waals surface area contributed by atoms with E-state index in [1.165, 1.54) is 25.3 Å². The Balaban J connectivity index is 1.72. The van der Waals surface area contributed by atoms with Gasteiger partial charge in [-0.2, -0.15) is 0 Å². The fourth-order valence-electron chi connectivity index (χ4n) is 2.37. The molecule has 0 bridgehead atoms. The quantitative estimate of drug-likeness (QED) is 0.698. The molecule has 2 N–H and O–H groups in total. The fourth-order valence-corrected chi connectivity index (χ4v) is 3.30.